The van der Waals surface area contributed by atoms with Gasteiger partial charge in [-0.05, 0) is 38.1 Å². The number of hydrogen-bond acceptors (Lipinski definition) is 5. The number of likely N-dealkylation sites (tertiary alicyclic amines) is 1. The molecule has 1 atom stereocenters. The minimum absolute atomic E-state index is 0.0221. The van der Waals surface area contributed by atoms with Crippen LogP contribution in [0.1, 0.15) is 23.2 Å². The second-order valence-corrected chi connectivity index (χ2v) is 5.71. The molecular formula is C17H25N3O4. The van der Waals surface area contributed by atoms with Crippen molar-refractivity contribution in [3.8, 4) is 11.5 Å². The quantitative estimate of drug-likeness (QED) is 0.798. The Morgan fingerprint density at radius 3 is 2.75 bits per heavy atom. The lowest BCUT2D eigenvalue weighted by molar-refractivity contribution is -0.122. The van der Waals surface area contributed by atoms with Gasteiger partial charge in [0.1, 0.15) is 0 Å². The number of hydrogen-bond donors (Lipinski definition) is 2. The fourth-order valence-electron chi connectivity index (χ4n) is 2.72. The molecule has 0 spiro atoms. The first-order valence-electron chi connectivity index (χ1n) is 8.07. The summed E-state index contributed by atoms with van der Waals surface area (Å²) in [5.41, 5.74) is 0.552. The molecule has 0 aliphatic carbocycles. The predicted octanol–water partition coefficient (Wildman–Crippen LogP) is 0.644. The minimum Gasteiger partial charge on any atom is -0.493 e. The number of ether oxygens (including phenoxy) is 2. The summed E-state index contributed by atoms with van der Waals surface area (Å²) in [6.07, 6.45) is 2.07. The van der Waals surface area contributed by atoms with E-state index in [-0.39, 0.29) is 18.4 Å². The van der Waals surface area contributed by atoms with Crippen molar-refractivity contribution in [2.24, 2.45) is 0 Å². The largest absolute Gasteiger partial charge is 0.493 e. The number of carbonyl (C=O) groups excluding carboxylic acids is 2. The molecule has 1 unspecified atom stereocenters. The van der Waals surface area contributed by atoms with Crippen LogP contribution in [0.4, 0.5) is 0 Å². The molecule has 7 nitrogen and oxygen atoms in total. The number of likely N-dealkylation sites (N-methyl/N-ethyl adjacent to an activating group) is 2. The molecule has 0 saturated carbocycles. The SMILES string of the molecule is CNC(=O)COc1ccc(C(=O)N2CCCC(NC)C2)cc1OC. The first-order valence-corrected chi connectivity index (χ1v) is 8.07. The summed E-state index contributed by atoms with van der Waals surface area (Å²) in [5.74, 6) is 0.617. The molecular weight excluding hydrogens is 310 g/mol. The van der Waals surface area contributed by atoms with Crippen molar-refractivity contribution in [2.75, 3.05) is 40.9 Å². The summed E-state index contributed by atoms with van der Waals surface area (Å²) in [6.45, 7) is 1.36. The van der Waals surface area contributed by atoms with Crippen LogP contribution in [0, 0.1) is 0 Å². The monoisotopic (exact) mass is 335 g/mol. The van der Waals surface area contributed by atoms with E-state index in [1.807, 2.05) is 11.9 Å². The minimum atomic E-state index is -0.233. The van der Waals surface area contributed by atoms with Gasteiger partial charge in [-0.1, -0.05) is 0 Å². The second kappa shape index (κ2) is 8.54. The van der Waals surface area contributed by atoms with Crippen LogP contribution in [0.25, 0.3) is 0 Å². The molecule has 0 bridgehead atoms. The summed E-state index contributed by atoms with van der Waals surface area (Å²) < 4.78 is 10.7. The van der Waals surface area contributed by atoms with E-state index < -0.39 is 0 Å². The molecule has 1 heterocycles. The van der Waals surface area contributed by atoms with Crippen molar-refractivity contribution >= 4 is 11.8 Å². The van der Waals surface area contributed by atoms with E-state index >= 15 is 0 Å². The van der Waals surface area contributed by atoms with Gasteiger partial charge in [0, 0.05) is 31.7 Å². The van der Waals surface area contributed by atoms with Gasteiger partial charge in [-0.15, -0.1) is 0 Å². The number of carbonyl (C=O) groups is 2. The Balaban J connectivity index is 2.10. The Bertz CT molecular complexity index is 591. The standard InChI is InChI=1S/C17H25N3O4/c1-18-13-5-4-8-20(10-13)17(22)12-6-7-14(15(9-12)23-3)24-11-16(21)19-2/h6-7,9,13,18H,4-5,8,10-11H2,1-3H3,(H,19,21). The van der Waals surface area contributed by atoms with Gasteiger partial charge in [-0.3, -0.25) is 9.59 Å². The van der Waals surface area contributed by atoms with E-state index in [4.69, 9.17) is 9.47 Å². The van der Waals surface area contributed by atoms with E-state index in [0.29, 0.717) is 29.6 Å². The molecule has 1 aromatic rings. The van der Waals surface area contributed by atoms with Gasteiger partial charge >= 0.3 is 0 Å². The molecule has 7 heteroatoms. The zero-order valence-electron chi connectivity index (χ0n) is 14.4. The highest BCUT2D eigenvalue weighted by molar-refractivity contribution is 5.95. The topological polar surface area (TPSA) is 79.9 Å². The number of nitrogens with zero attached hydrogens (tertiary/aromatic N) is 1. The maximum absolute atomic E-state index is 12.7. The van der Waals surface area contributed by atoms with E-state index in [9.17, 15) is 9.59 Å². The van der Waals surface area contributed by atoms with Gasteiger partial charge in [0.15, 0.2) is 18.1 Å². The van der Waals surface area contributed by atoms with Gasteiger partial charge in [0.25, 0.3) is 11.8 Å². The lowest BCUT2D eigenvalue weighted by Crippen LogP contribution is -2.46. The molecule has 1 aromatic carbocycles. The normalized spacial score (nSPS) is 17.3. The maximum atomic E-state index is 12.7. The number of rotatable bonds is 6. The van der Waals surface area contributed by atoms with Crippen LogP contribution in [-0.2, 0) is 4.79 Å². The Hall–Kier alpha value is -2.28. The molecule has 1 aliphatic heterocycles. The molecule has 2 amide bonds. The van der Waals surface area contributed by atoms with Gasteiger partial charge < -0.3 is 25.0 Å². The molecule has 0 radical (unpaired) electrons. The summed E-state index contributed by atoms with van der Waals surface area (Å²) in [4.78, 5) is 25.8. The zero-order chi connectivity index (χ0) is 17.5. The molecule has 24 heavy (non-hydrogen) atoms. The van der Waals surface area contributed by atoms with Crippen molar-refractivity contribution < 1.29 is 19.1 Å². The summed E-state index contributed by atoms with van der Waals surface area (Å²) >= 11 is 0. The maximum Gasteiger partial charge on any atom is 0.257 e. The fraction of sp³-hybridized carbons (Fsp3) is 0.529. The predicted molar refractivity (Wildman–Crippen MR) is 90.5 cm³/mol. The Morgan fingerprint density at radius 1 is 1.29 bits per heavy atom. The summed E-state index contributed by atoms with van der Waals surface area (Å²) in [5, 5.41) is 5.71. The lowest BCUT2D eigenvalue weighted by atomic mass is 10.0. The Labute approximate surface area is 142 Å². The first-order chi connectivity index (χ1) is 11.6. The molecule has 1 saturated heterocycles. The van der Waals surface area contributed by atoms with Crippen LogP contribution in [0.3, 0.4) is 0 Å². The van der Waals surface area contributed by atoms with Crippen LogP contribution >= 0.6 is 0 Å². The second-order valence-electron chi connectivity index (χ2n) is 5.71. The van der Waals surface area contributed by atoms with Crippen molar-refractivity contribution in [3.05, 3.63) is 23.8 Å². The van der Waals surface area contributed by atoms with Crippen molar-refractivity contribution in [1.82, 2.24) is 15.5 Å². The molecule has 1 fully saturated rings. The van der Waals surface area contributed by atoms with Crippen molar-refractivity contribution in [1.29, 1.82) is 0 Å². The van der Waals surface area contributed by atoms with Crippen molar-refractivity contribution in [2.45, 2.75) is 18.9 Å². The fourth-order valence-corrected chi connectivity index (χ4v) is 2.72. The highest BCUT2D eigenvalue weighted by Crippen LogP contribution is 2.29. The highest BCUT2D eigenvalue weighted by atomic mass is 16.5. The molecule has 2 N–H and O–H groups in total. The highest BCUT2D eigenvalue weighted by Gasteiger charge is 2.24. The van der Waals surface area contributed by atoms with Crippen LogP contribution in [0.15, 0.2) is 18.2 Å². The Kier molecular flexibility index (Phi) is 6.43. The summed E-state index contributed by atoms with van der Waals surface area (Å²) in [7, 11) is 4.97. The molecule has 132 valence electrons. The third-order valence-electron chi connectivity index (χ3n) is 4.17. The number of methoxy groups -OCH3 is 1. The average Bonchev–Trinajstić information content (AvgIpc) is 2.65. The summed E-state index contributed by atoms with van der Waals surface area (Å²) in [6, 6.07) is 5.35. The van der Waals surface area contributed by atoms with Crippen LogP contribution in [0.5, 0.6) is 11.5 Å². The van der Waals surface area contributed by atoms with Crippen LogP contribution in [0.2, 0.25) is 0 Å². The van der Waals surface area contributed by atoms with E-state index in [1.54, 1.807) is 25.2 Å². The average molecular weight is 335 g/mol. The number of benzene rings is 1. The van der Waals surface area contributed by atoms with Gasteiger partial charge in [0.05, 0.1) is 7.11 Å². The van der Waals surface area contributed by atoms with Crippen LogP contribution < -0.4 is 20.1 Å². The zero-order valence-corrected chi connectivity index (χ0v) is 14.4. The van der Waals surface area contributed by atoms with Crippen LogP contribution in [-0.4, -0.2) is 63.7 Å². The van der Waals surface area contributed by atoms with Gasteiger partial charge in [-0.25, -0.2) is 0 Å². The Morgan fingerprint density at radius 2 is 2.08 bits per heavy atom. The van der Waals surface area contributed by atoms with Crippen molar-refractivity contribution in [3.63, 3.8) is 0 Å². The van der Waals surface area contributed by atoms with E-state index in [0.717, 1.165) is 19.4 Å². The first kappa shape index (κ1) is 18.1. The molecule has 0 aromatic heterocycles. The number of piperidine rings is 1. The smallest absolute Gasteiger partial charge is 0.257 e. The van der Waals surface area contributed by atoms with Gasteiger partial charge in [-0.2, -0.15) is 0 Å². The lowest BCUT2D eigenvalue weighted by Gasteiger charge is -2.32. The third-order valence-corrected chi connectivity index (χ3v) is 4.17. The molecule has 2 rings (SSSR count). The van der Waals surface area contributed by atoms with E-state index in [1.165, 1.54) is 7.11 Å². The number of amides is 2. The number of nitrogens with one attached hydrogen (secondary N) is 2. The van der Waals surface area contributed by atoms with E-state index in [2.05, 4.69) is 10.6 Å². The molecule has 1 aliphatic rings. The third kappa shape index (κ3) is 4.38. The van der Waals surface area contributed by atoms with Gasteiger partial charge in [0.2, 0.25) is 0 Å².